The Morgan fingerprint density at radius 1 is 1.21 bits per heavy atom. The summed E-state index contributed by atoms with van der Waals surface area (Å²) in [7, 11) is 0. The number of amides is 1. The van der Waals surface area contributed by atoms with E-state index in [0.29, 0.717) is 16.4 Å². The van der Waals surface area contributed by atoms with Gasteiger partial charge >= 0.3 is 5.97 Å². The number of nitrogens with one attached hydrogen (secondary N) is 1. The van der Waals surface area contributed by atoms with Gasteiger partial charge in [-0.1, -0.05) is 23.7 Å². The van der Waals surface area contributed by atoms with E-state index in [9.17, 15) is 9.59 Å². The van der Waals surface area contributed by atoms with Gasteiger partial charge < -0.3 is 10.4 Å². The third-order valence-electron chi connectivity index (χ3n) is 2.48. The minimum Gasteiger partial charge on any atom is -0.478 e. The van der Waals surface area contributed by atoms with Gasteiger partial charge in [-0.25, -0.2) is 4.79 Å². The van der Waals surface area contributed by atoms with Gasteiger partial charge in [-0.05, 0) is 29.1 Å². The smallest absolute Gasteiger partial charge is 0.335 e. The molecule has 0 bridgehead atoms. The van der Waals surface area contributed by atoms with E-state index in [2.05, 4.69) is 5.32 Å². The summed E-state index contributed by atoms with van der Waals surface area (Å²) in [5.74, 6) is -1.21. The summed E-state index contributed by atoms with van der Waals surface area (Å²) in [6.45, 7) is 0.326. The molecular weight excluding hydrogens is 286 g/mol. The van der Waals surface area contributed by atoms with Crippen LogP contribution >= 0.6 is 22.9 Å². The maximum absolute atomic E-state index is 11.8. The molecule has 0 saturated heterocycles. The van der Waals surface area contributed by atoms with Gasteiger partial charge in [0.1, 0.15) is 4.88 Å². The second kappa shape index (κ2) is 5.86. The molecule has 0 unspecified atom stereocenters. The van der Waals surface area contributed by atoms with E-state index in [4.69, 9.17) is 16.7 Å². The number of halogens is 1. The Morgan fingerprint density at radius 2 is 1.89 bits per heavy atom. The van der Waals surface area contributed by atoms with E-state index in [1.165, 1.54) is 23.5 Å². The van der Waals surface area contributed by atoms with E-state index in [-0.39, 0.29) is 11.5 Å². The molecule has 1 aromatic heterocycles. The maximum Gasteiger partial charge on any atom is 0.335 e. The van der Waals surface area contributed by atoms with Crippen LogP contribution in [0.3, 0.4) is 0 Å². The SMILES string of the molecule is O=C(O)c1ccc(CNC(=O)c2sccc2Cl)cc1. The second-order valence-corrected chi connectivity index (χ2v) is 5.11. The molecule has 1 aromatic carbocycles. The molecule has 0 aliphatic heterocycles. The maximum atomic E-state index is 11.8. The van der Waals surface area contributed by atoms with Crippen molar-refractivity contribution in [2.75, 3.05) is 0 Å². The summed E-state index contributed by atoms with van der Waals surface area (Å²) >= 11 is 7.13. The first-order chi connectivity index (χ1) is 9.08. The number of carboxylic acids is 1. The topological polar surface area (TPSA) is 66.4 Å². The lowest BCUT2D eigenvalue weighted by molar-refractivity contribution is 0.0696. The number of carbonyl (C=O) groups excluding carboxylic acids is 1. The van der Waals surface area contributed by atoms with Gasteiger partial charge in [-0.2, -0.15) is 0 Å². The molecule has 0 radical (unpaired) electrons. The molecule has 0 spiro atoms. The highest BCUT2D eigenvalue weighted by Crippen LogP contribution is 2.21. The number of hydrogen-bond donors (Lipinski definition) is 2. The zero-order chi connectivity index (χ0) is 13.8. The molecule has 6 heteroatoms. The summed E-state index contributed by atoms with van der Waals surface area (Å²) in [5, 5.41) is 13.7. The van der Waals surface area contributed by atoms with Crippen LogP contribution in [0.2, 0.25) is 5.02 Å². The number of hydrogen-bond acceptors (Lipinski definition) is 3. The van der Waals surface area contributed by atoms with Crippen molar-refractivity contribution in [3.63, 3.8) is 0 Å². The Kier molecular flexibility index (Phi) is 4.19. The summed E-state index contributed by atoms with van der Waals surface area (Å²) in [6.07, 6.45) is 0. The lowest BCUT2D eigenvalue weighted by Gasteiger charge is -2.04. The van der Waals surface area contributed by atoms with Crippen LogP contribution in [0, 0.1) is 0 Å². The van der Waals surface area contributed by atoms with Crippen LogP contribution in [0.5, 0.6) is 0 Å². The lowest BCUT2D eigenvalue weighted by atomic mass is 10.1. The zero-order valence-electron chi connectivity index (χ0n) is 9.72. The highest BCUT2D eigenvalue weighted by atomic mass is 35.5. The molecule has 0 aliphatic rings. The largest absolute Gasteiger partial charge is 0.478 e. The van der Waals surface area contributed by atoms with Crippen LogP contribution in [0.1, 0.15) is 25.6 Å². The Morgan fingerprint density at radius 3 is 2.42 bits per heavy atom. The van der Waals surface area contributed by atoms with Crippen molar-refractivity contribution in [2.45, 2.75) is 6.54 Å². The van der Waals surface area contributed by atoms with E-state index >= 15 is 0 Å². The number of carbonyl (C=O) groups is 2. The van der Waals surface area contributed by atoms with Crippen molar-refractivity contribution in [3.05, 3.63) is 56.7 Å². The molecule has 2 rings (SSSR count). The first kappa shape index (κ1) is 13.6. The molecule has 0 aliphatic carbocycles. The van der Waals surface area contributed by atoms with Crippen molar-refractivity contribution in [1.29, 1.82) is 0 Å². The minimum absolute atomic E-state index is 0.219. The average molecular weight is 296 g/mol. The Bertz CT molecular complexity index is 607. The van der Waals surface area contributed by atoms with Gasteiger partial charge in [0.05, 0.1) is 10.6 Å². The number of benzene rings is 1. The fourth-order valence-corrected chi connectivity index (χ4v) is 2.54. The summed E-state index contributed by atoms with van der Waals surface area (Å²) < 4.78 is 0. The molecule has 0 saturated carbocycles. The summed E-state index contributed by atoms with van der Waals surface area (Å²) in [4.78, 5) is 23.0. The molecular formula is C13H10ClNO3S. The van der Waals surface area contributed by atoms with Gasteiger partial charge in [0.15, 0.2) is 0 Å². The van der Waals surface area contributed by atoms with Gasteiger partial charge in [0.2, 0.25) is 0 Å². The second-order valence-electron chi connectivity index (χ2n) is 3.78. The van der Waals surface area contributed by atoms with Gasteiger partial charge in [-0.15, -0.1) is 11.3 Å². The lowest BCUT2D eigenvalue weighted by Crippen LogP contribution is -2.22. The predicted molar refractivity (Wildman–Crippen MR) is 73.9 cm³/mol. The molecule has 1 heterocycles. The highest BCUT2D eigenvalue weighted by Gasteiger charge is 2.11. The standard InChI is InChI=1S/C13H10ClNO3S/c14-10-5-6-19-11(10)12(16)15-7-8-1-3-9(4-2-8)13(17)18/h1-6H,7H2,(H,15,16)(H,17,18). The Labute approximate surface area is 118 Å². The zero-order valence-corrected chi connectivity index (χ0v) is 11.3. The van der Waals surface area contributed by atoms with Crippen molar-refractivity contribution >= 4 is 34.8 Å². The monoisotopic (exact) mass is 295 g/mol. The van der Waals surface area contributed by atoms with E-state index in [1.807, 2.05) is 0 Å². The minimum atomic E-state index is -0.971. The molecule has 98 valence electrons. The molecule has 2 N–H and O–H groups in total. The molecule has 4 nitrogen and oxygen atoms in total. The number of rotatable bonds is 4. The molecule has 19 heavy (non-hydrogen) atoms. The fourth-order valence-electron chi connectivity index (χ4n) is 1.48. The number of aromatic carboxylic acids is 1. The third-order valence-corrected chi connectivity index (χ3v) is 3.82. The fraction of sp³-hybridized carbons (Fsp3) is 0.0769. The summed E-state index contributed by atoms with van der Waals surface area (Å²) in [5.41, 5.74) is 1.04. The van der Waals surface area contributed by atoms with Crippen molar-refractivity contribution in [2.24, 2.45) is 0 Å². The molecule has 0 atom stereocenters. The van der Waals surface area contributed by atoms with Crippen LogP contribution in [0.15, 0.2) is 35.7 Å². The first-order valence-corrected chi connectivity index (χ1v) is 6.67. The van der Waals surface area contributed by atoms with Crippen molar-refractivity contribution in [3.8, 4) is 0 Å². The predicted octanol–water partition coefficient (Wildman–Crippen LogP) is 3.03. The van der Waals surface area contributed by atoms with Crippen LogP contribution in [-0.2, 0) is 6.54 Å². The third kappa shape index (κ3) is 3.33. The van der Waals surface area contributed by atoms with Crippen LogP contribution in [0.25, 0.3) is 0 Å². The van der Waals surface area contributed by atoms with Crippen LogP contribution < -0.4 is 5.32 Å². The number of thiophene rings is 1. The van der Waals surface area contributed by atoms with Crippen molar-refractivity contribution < 1.29 is 14.7 Å². The van der Waals surface area contributed by atoms with Gasteiger partial charge in [0.25, 0.3) is 5.91 Å². The van der Waals surface area contributed by atoms with E-state index in [1.54, 1.807) is 23.6 Å². The summed E-state index contributed by atoms with van der Waals surface area (Å²) in [6, 6.07) is 8.01. The van der Waals surface area contributed by atoms with E-state index in [0.717, 1.165) is 5.56 Å². The van der Waals surface area contributed by atoms with Crippen molar-refractivity contribution in [1.82, 2.24) is 5.32 Å². The number of carboxylic acid groups (broad SMARTS) is 1. The quantitative estimate of drug-likeness (QED) is 0.911. The Balaban J connectivity index is 1.97. The van der Waals surface area contributed by atoms with Gasteiger partial charge in [-0.3, -0.25) is 4.79 Å². The molecule has 1 amide bonds. The Hall–Kier alpha value is -1.85. The first-order valence-electron chi connectivity index (χ1n) is 5.41. The molecule has 2 aromatic rings. The molecule has 0 fully saturated rings. The van der Waals surface area contributed by atoms with Crippen LogP contribution in [0.4, 0.5) is 0 Å². The van der Waals surface area contributed by atoms with Gasteiger partial charge in [0, 0.05) is 6.54 Å². The highest BCUT2D eigenvalue weighted by molar-refractivity contribution is 7.12. The van der Waals surface area contributed by atoms with E-state index < -0.39 is 5.97 Å². The van der Waals surface area contributed by atoms with Crippen LogP contribution in [-0.4, -0.2) is 17.0 Å². The average Bonchev–Trinajstić information content (AvgIpc) is 2.83. The normalized spacial score (nSPS) is 10.2.